The Balaban J connectivity index is 1.91. The van der Waals surface area contributed by atoms with Gasteiger partial charge in [0.15, 0.2) is 29.4 Å². The zero-order chi connectivity index (χ0) is 21.3. The Morgan fingerprint density at radius 1 is 1.41 bits per heavy atom. The highest BCUT2D eigenvalue weighted by molar-refractivity contribution is 7.46. The number of aliphatic hydroxyl groups excluding tert-OH is 3. The molecule has 1 fully saturated rings. The minimum absolute atomic E-state index is 0.0805. The third-order valence-corrected chi connectivity index (χ3v) is 4.41. The number of ether oxygens (including phenoxy) is 1. The van der Waals surface area contributed by atoms with Crippen molar-refractivity contribution in [2.75, 3.05) is 11.9 Å². The van der Waals surface area contributed by atoms with Gasteiger partial charge in [-0.3, -0.25) is 23.7 Å². The van der Waals surface area contributed by atoms with Gasteiger partial charge in [-0.05, 0) is 0 Å². The molecule has 29 heavy (non-hydrogen) atoms. The lowest BCUT2D eigenvalue weighted by molar-refractivity contribution is -0.107. The maximum Gasteiger partial charge on any atom is 0.469 e. The lowest BCUT2D eigenvalue weighted by Gasteiger charge is -2.16. The van der Waals surface area contributed by atoms with E-state index in [0.29, 0.717) is 0 Å². The molecule has 4 atom stereocenters. The molecule has 16 heteroatoms. The number of hydrogen-bond donors (Lipinski definition) is 7. The first kappa shape index (κ1) is 21.1. The van der Waals surface area contributed by atoms with Crippen molar-refractivity contribution in [2.45, 2.75) is 24.5 Å². The van der Waals surface area contributed by atoms with Crippen LogP contribution in [0.1, 0.15) is 6.23 Å². The number of aromatic amines is 1. The molecule has 158 valence electrons. The molecule has 0 saturated carbocycles. The topological polar surface area (TPSA) is 229 Å². The van der Waals surface area contributed by atoms with Crippen molar-refractivity contribution in [1.82, 2.24) is 19.5 Å². The maximum atomic E-state index is 12.1. The summed E-state index contributed by atoms with van der Waals surface area (Å²) in [6.45, 7) is -0.706. The van der Waals surface area contributed by atoms with Crippen LogP contribution in [0, 0.1) is 0 Å². The summed E-state index contributed by atoms with van der Waals surface area (Å²) in [4.78, 5) is 50.3. The van der Waals surface area contributed by atoms with E-state index in [1.165, 1.54) is 0 Å². The molecule has 0 unspecified atom stereocenters. The van der Waals surface area contributed by atoms with E-state index in [2.05, 4.69) is 24.8 Å². The Bertz CT molecular complexity index is 1040. The van der Waals surface area contributed by atoms with E-state index in [0.717, 1.165) is 17.1 Å². The van der Waals surface area contributed by atoms with Crippen LogP contribution in [0.2, 0.25) is 0 Å². The van der Waals surface area contributed by atoms with Crippen molar-refractivity contribution in [3.63, 3.8) is 0 Å². The quantitative estimate of drug-likeness (QED) is 0.107. The van der Waals surface area contributed by atoms with Crippen LogP contribution >= 0.6 is 7.82 Å². The number of rotatable bonds is 7. The molecule has 7 N–H and O–H groups in total. The number of allylic oxidation sites excluding steroid dienone is 1. The molecular weight excluding hydrogens is 417 g/mol. The Morgan fingerprint density at radius 3 is 2.79 bits per heavy atom. The van der Waals surface area contributed by atoms with Crippen molar-refractivity contribution < 1.29 is 43.7 Å². The number of phosphoric ester groups is 1. The minimum Gasteiger partial charge on any atom is -0.504 e. The number of carbonyl (C=O) groups is 1. The van der Waals surface area contributed by atoms with Crippen LogP contribution in [0.5, 0.6) is 0 Å². The summed E-state index contributed by atoms with van der Waals surface area (Å²) in [7, 11) is -4.82. The van der Waals surface area contributed by atoms with E-state index in [1.54, 1.807) is 0 Å². The molecule has 0 aromatic carbocycles. The largest absolute Gasteiger partial charge is 0.504 e. The highest BCUT2D eigenvalue weighted by atomic mass is 31.2. The van der Waals surface area contributed by atoms with Gasteiger partial charge in [0.25, 0.3) is 5.56 Å². The van der Waals surface area contributed by atoms with Gasteiger partial charge >= 0.3 is 7.82 Å². The van der Waals surface area contributed by atoms with Gasteiger partial charge in [0, 0.05) is 6.20 Å². The fourth-order valence-electron chi connectivity index (χ4n) is 2.62. The predicted molar refractivity (Wildman–Crippen MR) is 92.5 cm³/mol. The Morgan fingerprint density at radius 2 is 2.14 bits per heavy atom. The third kappa shape index (κ3) is 4.51. The highest BCUT2D eigenvalue weighted by Crippen LogP contribution is 2.38. The van der Waals surface area contributed by atoms with Crippen LogP contribution in [0.25, 0.3) is 11.2 Å². The Kier molecular flexibility index (Phi) is 5.81. The standard InChI is InChI=1S/C13H16N5O10P/c19-2-5(20)1-14-13-16-10-7(11(23)17-13)15-4-18(10)12-9(22)8(21)6(28-12)3-27-29(24,25)26/h1-2,4,6,8-9,12,20-22H,3H2,(H2,24,25,26)(H2,14,16,17,23)/b5-1-/t6-,8-,9-,12-/m1/s1. The number of fused-ring (bicyclic) bond motifs is 1. The summed E-state index contributed by atoms with van der Waals surface area (Å²) in [5.74, 6) is -0.834. The summed E-state index contributed by atoms with van der Waals surface area (Å²) < 4.78 is 21.7. The Labute approximate surface area is 160 Å². The fourth-order valence-corrected chi connectivity index (χ4v) is 2.97. The van der Waals surface area contributed by atoms with Gasteiger partial charge in [-0.15, -0.1) is 0 Å². The number of aliphatic hydroxyl groups is 3. The second kappa shape index (κ2) is 8.00. The number of H-pyrrole nitrogens is 1. The molecule has 0 amide bonds. The van der Waals surface area contributed by atoms with Gasteiger partial charge in [0.2, 0.25) is 5.95 Å². The molecular formula is C13H16N5O10P. The lowest BCUT2D eigenvalue weighted by atomic mass is 10.1. The van der Waals surface area contributed by atoms with Crippen molar-refractivity contribution >= 4 is 31.2 Å². The number of aldehydes is 1. The molecule has 1 saturated heterocycles. The number of carbonyl (C=O) groups excluding carboxylic acids is 1. The number of nitrogens with one attached hydrogen (secondary N) is 2. The van der Waals surface area contributed by atoms with E-state index in [9.17, 15) is 24.4 Å². The van der Waals surface area contributed by atoms with Gasteiger partial charge in [-0.1, -0.05) is 0 Å². The van der Waals surface area contributed by atoms with Crippen molar-refractivity contribution in [2.24, 2.45) is 0 Å². The smallest absolute Gasteiger partial charge is 0.469 e. The molecule has 0 aliphatic carbocycles. The molecule has 3 heterocycles. The molecule has 0 bridgehead atoms. The molecule has 15 nitrogen and oxygen atoms in total. The first-order chi connectivity index (χ1) is 13.6. The average molecular weight is 433 g/mol. The first-order valence-corrected chi connectivity index (χ1v) is 9.43. The molecule has 3 rings (SSSR count). The number of hydrogen-bond acceptors (Lipinski definition) is 11. The van der Waals surface area contributed by atoms with E-state index in [4.69, 9.17) is 19.6 Å². The summed E-state index contributed by atoms with van der Waals surface area (Å²) in [6.07, 6.45) is -3.57. The van der Waals surface area contributed by atoms with E-state index in [-0.39, 0.29) is 23.4 Å². The number of aromatic nitrogens is 4. The number of phosphoric acid groups is 1. The van der Waals surface area contributed by atoms with Gasteiger partial charge in [0.1, 0.15) is 18.3 Å². The SMILES string of the molecule is O=C/C(O)=C/Nc1nc2c(ncn2[C@@H]2O[C@H](COP(=O)(O)O)[C@@H](O)[C@H]2O)c(=O)[nH]1. The zero-order valence-electron chi connectivity index (χ0n) is 14.3. The van der Waals surface area contributed by atoms with Crippen molar-refractivity contribution in [3.05, 3.63) is 28.6 Å². The summed E-state index contributed by atoms with van der Waals surface area (Å²) >= 11 is 0. The number of imidazole rings is 1. The molecule has 0 radical (unpaired) electrons. The fraction of sp³-hybridized carbons (Fsp3) is 0.385. The van der Waals surface area contributed by atoms with Crippen LogP contribution in [-0.2, 0) is 18.6 Å². The van der Waals surface area contributed by atoms with E-state index < -0.39 is 50.3 Å². The second-order valence-electron chi connectivity index (χ2n) is 5.90. The molecule has 2 aromatic rings. The van der Waals surface area contributed by atoms with Gasteiger partial charge in [-0.25, -0.2) is 9.55 Å². The monoisotopic (exact) mass is 433 g/mol. The van der Waals surface area contributed by atoms with Gasteiger partial charge in [0.05, 0.1) is 12.9 Å². The number of anilines is 1. The Hall–Kier alpha value is -2.65. The van der Waals surface area contributed by atoms with Gasteiger partial charge in [-0.2, -0.15) is 4.98 Å². The second-order valence-corrected chi connectivity index (χ2v) is 7.14. The zero-order valence-corrected chi connectivity index (χ0v) is 15.2. The minimum atomic E-state index is -4.82. The average Bonchev–Trinajstić information content (AvgIpc) is 3.19. The van der Waals surface area contributed by atoms with Crippen LogP contribution in [0.3, 0.4) is 0 Å². The van der Waals surface area contributed by atoms with E-state index in [1.807, 2.05) is 0 Å². The van der Waals surface area contributed by atoms with Crippen molar-refractivity contribution in [1.29, 1.82) is 0 Å². The summed E-state index contributed by atoms with van der Waals surface area (Å²) in [6, 6.07) is 0. The van der Waals surface area contributed by atoms with Gasteiger partial charge < -0.3 is 35.2 Å². The van der Waals surface area contributed by atoms with Crippen LogP contribution in [-0.4, -0.2) is 75.8 Å². The van der Waals surface area contributed by atoms with Crippen LogP contribution in [0.15, 0.2) is 23.1 Å². The predicted octanol–water partition coefficient (Wildman–Crippen LogP) is -2.14. The van der Waals surface area contributed by atoms with E-state index >= 15 is 0 Å². The molecule has 1 aliphatic heterocycles. The third-order valence-electron chi connectivity index (χ3n) is 3.93. The maximum absolute atomic E-state index is 12.1. The summed E-state index contributed by atoms with van der Waals surface area (Å²) in [5.41, 5.74) is -0.910. The van der Waals surface area contributed by atoms with Crippen LogP contribution in [0.4, 0.5) is 5.95 Å². The van der Waals surface area contributed by atoms with Crippen molar-refractivity contribution in [3.8, 4) is 0 Å². The molecule has 1 aliphatic rings. The van der Waals surface area contributed by atoms with Crippen LogP contribution < -0.4 is 10.9 Å². The first-order valence-electron chi connectivity index (χ1n) is 7.90. The normalized spacial score (nSPS) is 25.4. The summed E-state index contributed by atoms with van der Waals surface area (Å²) in [5, 5.41) is 31.8. The molecule has 2 aromatic heterocycles. The lowest BCUT2D eigenvalue weighted by Crippen LogP contribution is -2.33. The highest BCUT2D eigenvalue weighted by Gasteiger charge is 2.45. The molecule has 0 spiro atoms. The number of nitrogens with zero attached hydrogens (tertiary/aromatic N) is 3.